The molecule has 1 aromatic rings. The first-order valence-electron chi connectivity index (χ1n) is 5.89. The second kappa shape index (κ2) is 7.22. The first-order chi connectivity index (χ1) is 9.43. The van der Waals surface area contributed by atoms with Crippen LogP contribution in [0.1, 0.15) is 23.7 Å². The lowest BCUT2D eigenvalue weighted by Crippen LogP contribution is -2.42. The molecule has 1 amide bonds. The van der Waals surface area contributed by atoms with Gasteiger partial charge in [-0.25, -0.2) is 9.18 Å². The Bertz CT molecular complexity index is 500. The van der Waals surface area contributed by atoms with E-state index in [1.807, 2.05) is 0 Å². The van der Waals surface area contributed by atoms with Gasteiger partial charge in [0, 0.05) is 5.56 Å². The van der Waals surface area contributed by atoms with Gasteiger partial charge in [-0.15, -0.1) is 0 Å². The fraction of sp³-hybridized carbons (Fsp3) is 0.308. The first kappa shape index (κ1) is 15.6. The Balaban J connectivity index is 2.70. The zero-order valence-electron chi connectivity index (χ0n) is 10.8. The largest absolute Gasteiger partial charge is 0.480 e. The number of hydrogen-bond donors (Lipinski definition) is 2. The van der Waals surface area contributed by atoms with Crippen molar-refractivity contribution in [3.63, 3.8) is 0 Å². The smallest absolute Gasteiger partial charge is 0.326 e. The molecular weight excluding hydrogens is 269 g/mol. The average Bonchev–Trinajstić information content (AvgIpc) is 2.38. The van der Waals surface area contributed by atoms with E-state index >= 15 is 0 Å². The highest BCUT2D eigenvalue weighted by molar-refractivity contribution is 5.97. The van der Waals surface area contributed by atoms with Crippen molar-refractivity contribution in [1.29, 1.82) is 0 Å². The normalized spacial score (nSPS) is 11.5. The van der Waals surface area contributed by atoms with E-state index in [2.05, 4.69) is 10.1 Å². The number of amides is 1. The molecule has 0 fully saturated rings. The fourth-order valence-electron chi connectivity index (χ4n) is 1.43. The van der Waals surface area contributed by atoms with E-state index in [0.29, 0.717) is 0 Å². The van der Waals surface area contributed by atoms with Gasteiger partial charge in [-0.1, -0.05) is 0 Å². The number of halogens is 1. The Kier molecular flexibility index (Phi) is 5.64. The van der Waals surface area contributed by atoms with Gasteiger partial charge in [0.1, 0.15) is 11.9 Å². The summed E-state index contributed by atoms with van der Waals surface area (Å²) in [4.78, 5) is 34.0. The molecule has 0 unspecified atom stereocenters. The number of hydrogen-bond acceptors (Lipinski definition) is 4. The summed E-state index contributed by atoms with van der Waals surface area (Å²) in [5, 5.41) is 11.1. The molecular formula is C13H14FNO5. The van der Waals surface area contributed by atoms with Gasteiger partial charge in [-0.3, -0.25) is 9.59 Å². The van der Waals surface area contributed by atoms with Gasteiger partial charge < -0.3 is 15.2 Å². The number of ether oxygens (including phenoxy) is 1. The third-order valence-corrected chi connectivity index (χ3v) is 2.39. The molecule has 0 aliphatic rings. The highest BCUT2D eigenvalue weighted by atomic mass is 19.1. The SMILES string of the molecule is CCOC(=O)C[C@@H](NC(=O)c1ccc(F)cc1)C(=O)O. The molecule has 7 heteroatoms. The summed E-state index contributed by atoms with van der Waals surface area (Å²) in [5.41, 5.74) is 0.0986. The summed E-state index contributed by atoms with van der Waals surface area (Å²) >= 11 is 0. The Morgan fingerprint density at radius 3 is 2.40 bits per heavy atom. The molecule has 6 nitrogen and oxygen atoms in total. The van der Waals surface area contributed by atoms with Crippen LogP contribution in [-0.4, -0.2) is 35.6 Å². The van der Waals surface area contributed by atoms with E-state index < -0.39 is 36.1 Å². The number of rotatable bonds is 6. The van der Waals surface area contributed by atoms with Crippen LogP contribution in [0, 0.1) is 5.82 Å². The Morgan fingerprint density at radius 1 is 1.30 bits per heavy atom. The van der Waals surface area contributed by atoms with Gasteiger partial charge >= 0.3 is 11.9 Å². The number of carboxylic acid groups (broad SMARTS) is 1. The summed E-state index contributed by atoms with van der Waals surface area (Å²) in [6, 6.07) is 3.19. The maximum atomic E-state index is 12.7. The molecule has 0 spiro atoms. The van der Waals surface area contributed by atoms with Crippen LogP contribution in [0.5, 0.6) is 0 Å². The van der Waals surface area contributed by atoms with Crippen LogP contribution >= 0.6 is 0 Å². The molecule has 0 saturated carbocycles. The van der Waals surface area contributed by atoms with Crippen LogP contribution in [0.4, 0.5) is 4.39 Å². The number of aliphatic carboxylic acids is 1. The molecule has 2 N–H and O–H groups in total. The maximum absolute atomic E-state index is 12.7. The number of carboxylic acids is 1. The summed E-state index contributed by atoms with van der Waals surface area (Å²) in [6.45, 7) is 1.71. The van der Waals surface area contributed by atoms with Gasteiger partial charge in [0.2, 0.25) is 0 Å². The predicted molar refractivity (Wildman–Crippen MR) is 66.5 cm³/mol. The molecule has 1 rings (SSSR count). The Hall–Kier alpha value is -2.44. The van der Waals surface area contributed by atoms with E-state index in [9.17, 15) is 18.8 Å². The Labute approximate surface area is 114 Å². The summed E-state index contributed by atoms with van der Waals surface area (Å²) < 4.78 is 17.3. The van der Waals surface area contributed by atoms with Gasteiger partial charge in [0.25, 0.3) is 5.91 Å². The van der Waals surface area contributed by atoms with E-state index in [0.717, 1.165) is 12.1 Å². The monoisotopic (exact) mass is 283 g/mol. The van der Waals surface area contributed by atoms with E-state index in [1.54, 1.807) is 6.92 Å². The topological polar surface area (TPSA) is 92.7 Å². The minimum Gasteiger partial charge on any atom is -0.480 e. The highest BCUT2D eigenvalue weighted by Gasteiger charge is 2.24. The molecule has 0 heterocycles. The van der Waals surface area contributed by atoms with Gasteiger partial charge in [-0.05, 0) is 31.2 Å². The predicted octanol–water partition coefficient (Wildman–Crippen LogP) is 0.962. The lowest BCUT2D eigenvalue weighted by molar-refractivity contribution is -0.149. The molecule has 0 radical (unpaired) electrons. The molecule has 20 heavy (non-hydrogen) atoms. The van der Waals surface area contributed by atoms with Crippen molar-refractivity contribution in [2.24, 2.45) is 0 Å². The third-order valence-electron chi connectivity index (χ3n) is 2.39. The average molecular weight is 283 g/mol. The minimum absolute atomic E-state index is 0.0986. The molecule has 1 aromatic carbocycles. The molecule has 108 valence electrons. The minimum atomic E-state index is -1.40. The second-order valence-electron chi connectivity index (χ2n) is 3.88. The zero-order chi connectivity index (χ0) is 15.1. The van der Waals surface area contributed by atoms with E-state index in [-0.39, 0.29) is 12.2 Å². The van der Waals surface area contributed by atoms with Crippen molar-refractivity contribution in [3.05, 3.63) is 35.6 Å². The fourth-order valence-corrected chi connectivity index (χ4v) is 1.43. The lowest BCUT2D eigenvalue weighted by Gasteiger charge is -2.13. The van der Waals surface area contributed by atoms with Crippen LogP contribution in [0.15, 0.2) is 24.3 Å². The standard InChI is InChI=1S/C13H14FNO5/c1-2-20-11(16)7-10(13(18)19)15-12(17)8-3-5-9(14)6-4-8/h3-6,10H,2,7H2,1H3,(H,15,17)(H,18,19)/t10-/m1/s1. The number of esters is 1. The van der Waals surface area contributed by atoms with Crippen LogP contribution < -0.4 is 5.32 Å². The third kappa shape index (κ3) is 4.68. The molecule has 0 saturated heterocycles. The van der Waals surface area contributed by atoms with Crippen molar-refractivity contribution in [2.75, 3.05) is 6.61 Å². The van der Waals surface area contributed by atoms with Crippen molar-refractivity contribution in [1.82, 2.24) is 5.32 Å². The second-order valence-corrected chi connectivity index (χ2v) is 3.88. The van der Waals surface area contributed by atoms with Crippen molar-refractivity contribution < 1.29 is 28.6 Å². The van der Waals surface area contributed by atoms with Gasteiger partial charge in [-0.2, -0.15) is 0 Å². The number of carbonyl (C=O) groups excluding carboxylic acids is 2. The summed E-state index contributed by atoms with van der Waals surface area (Å²) in [5.74, 6) is -3.29. The molecule has 0 aliphatic carbocycles. The van der Waals surface area contributed by atoms with Gasteiger partial charge in [0.15, 0.2) is 0 Å². The van der Waals surface area contributed by atoms with Gasteiger partial charge in [0.05, 0.1) is 13.0 Å². The van der Waals surface area contributed by atoms with Crippen LogP contribution in [-0.2, 0) is 14.3 Å². The number of benzene rings is 1. The molecule has 0 bridgehead atoms. The summed E-state index contributed by atoms with van der Waals surface area (Å²) in [7, 11) is 0. The summed E-state index contributed by atoms with van der Waals surface area (Å²) in [6.07, 6.45) is -0.476. The van der Waals surface area contributed by atoms with Crippen LogP contribution in [0.25, 0.3) is 0 Å². The van der Waals surface area contributed by atoms with Crippen LogP contribution in [0.3, 0.4) is 0 Å². The molecule has 0 aromatic heterocycles. The Morgan fingerprint density at radius 2 is 1.90 bits per heavy atom. The highest BCUT2D eigenvalue weighted by Crippen LogP contribution is 2.04. The van der Waals surface area contributed by atoms with Crippen molar-refractivity contribution >= 4 is 17.8 Å². The molecule has 0 aliphatic heterocycles. The van der Waals surface area contributed by atoms with Crippen molar-refractivity contribution in [3.8, 4) is 0 Å². The zero-order valence-corrected chi connectivity index (χ0v) is 10.8. The maximum Gasteiger partial charge on any atom is 0.326 e. The van der Waals surface area contributed by atoms with Crippen LogP contribution in [0.2, 0.25) is 0 Å². The number of carbonyl (C=O) groups is 3. The lowest BCUT2D eigenvalue weighted by atomic mass is 10.1. The van der Waals surface area contributed by atoms with E-state index in [4.69, 9.17) is 5.11 Å². The molecule has 1 atom stereocenters. The quantitative estimate of drug-likeness (QED) is 0.759. The van der Waals surface area contributed by atoms with Crippen molar-refractivity contribution in [2.45, 2.75) is 19.4 Å². The first-order valence-corrected chi connectivity index (χ1v) is 5.89. The van der Waals surface area contributed by atoms with E-state index in [1.165, 1.54) is 12.1 Å². The number of nitrogens with one attached hydrogen (secondary N) is 1.